The highest BCUT2D eigenvalue weighted by Crippen LogP contribution is 2.32. The number of anilines is 1. The maximum atomic E-state index is 10.2. The third-order valence-corrected chi connectivity index (χ3v) is 3.12. The Morgan fingerprint density at radius 3 is 3.00 bits per heavy atom. The van der Waals surface area contributed by atoms with Gasteiger partial charge in [-0.05, 0) is 25.5 Å². The van der Waals surface area contributed by atoms with Gasteiger partial charge < -0.3 is 20.9 Å². The normalized spacial score (nSPS) is 22.0. The zero-order valence-corrected chi connectivity index (χ0v) is 9.44. The number of ether oxygens (including phenoxy) is 1. The summed E-state index contributed by atoms with van der Waals surface area (Å²) in [6.07, 6.45) is 1.53. The Morgan fingerprint density at radius 1 is 1.56 bits per heavy atom. The Labute approximate surface area is 95.4 Å². The van der Waals surface area contributed by atoms with Crippen molar-refractivity contribution in [1.82, 2.24) is 5.32 Å². The molecule has 4 nitrogen and oxygen atoms in total. The van der Waals surface area contributed by atoms with Gasteiger partial charge in [0.25, 0.3) is 0 Å². The molecule has 2 atom stereocenters. The predicted octanol–water partition coefficient (Wildman–Crippen LogP) is 1.06. The number of nitrogens with two attached hydrogens (primary N) is 1. The molecule has 0 spiro atoms. The number of nitrogens with one attached hydrogen (secondary N) is 1. The summed E-state index contributed by atoms with van der Waals surface area (Å²) in [7, 11) is 1.58. The van der Waals surface area contributed by atoms with Gasteiger partial charge in [0.05, 0.1) is 18.9 Å². The van der Waals surface area contributed by atoms with Crippen LogP contribution in [0.3, 0.4) is 0 Å². The molecule has 1 saturated heterocycles. The first-order chi connectivity index (χ1) is 7.74. The van der Waals surface area contributed by atoms with Crippen LogP contribution in [0.1, 0.15) is 24.5 Å². The van der Waals surface area contributed by atoms with E-state index in [1.165, 1.54) is 0 Å². The van der Waals surface area contributed by atoms with Gasteiger partial charge in [-0.1, -0.05) is 12.1 Å². The van der Waals surface area contributed by atoms with E-state index in [4.69, 9.17) is 10.5 Å². The number of benzene rings is 1. The lowest BCUT2D eigenvalue weighted by atomic mass is 9.99. The van der Waals surface area contributed by atoms with Crippen molar-refractivity contribution >= 4 is 5.69 Å². The standard InChI is InChI=1S/C12H18N2O2/c1-16-10-6-2-4-8(11(10)13)12(15)9-5-3-7-14-9/h2,4,6,9,12,14-15H,3,5,7,13H2,1H3. The second-order valence-electron chi connectivity index (χ2n) is 4.11. The van der Waals surface area contributed by atoms with Gasteiger partial charge in [-0.25, -0.2) is 0 Å². The van der Waals surface area contributed by atoms with Gasteiger partial charge in [0.1, 0.15) is 5.75 Å². The zero-order valence-electron chi connectivity index (χ0n) is 9.44. The first-order valence-electron chi connectivity index (χ1n) is 5.58. The van der Waals surface area contributed by atoms with Crippen LogP contribution < -0.4 is 15.8 Å². The zero-order chi connectivity index (χ0) is 11.5. The van der Waals surface area contributed by atoms with E-state index in [1.807, 2.05) is 12.1 Å². The predicted molar refractivity (Wildman–Crippen MR) is 63.4 cm³/mol. The fourth-order valence-electron chi connectivity index (χ4n) is 2.19. The molecule has 0 saturated carbocycles. The molecule has 1 aromatic carbocycles. The highest BCUT2D eigenvalue weighted by molar-refractivity contribution is 5.59. The number of para-hydroxylation sites is 1. The second-order valence-corrected chi connectivity index (χ2v) is 4.11. The third-order valence-electron chi connectivity index (χ3n) is 3.12. The van der Waals surface area contributed by atoms with Crippen molar-refractivity contribution in [3.8, 4) is 5.75 Å². The molecular weight excluding hydrogens is 204 g/mol. The summed E-state index contributed by atoms with van der Waals surface area (Å²) >= 11 is 0. The van der Waals surface area contributed by atoms with E-state index < -0.39 is 6.10 Å². The fraction of sp³-hybridized carbons (Fsp3) is 0.500. The lowest BCUT2D eigenvalue weighted by Gasteiger charge is -2.21. The number of hydrogen-bond donors (Lipinski definition) is 3. The highest BCUT2D eigenvalue weighted by atomic mass is 16.5. The van der Waals surface area contributed by atoms with Gasteiger partial charge in [-0.3, -0.25) is 0 Å². The minimum Gasteiger partial charge on any atom is -0.495 e. The number of aliphatic hydroxyl groups is 1. The Morgan fingerprint density at radius 2 is 2.38 bits per heavy atom. The first-order valence-corrected chi connectivity index (χ1v) is 5.58. The van der Waals surface area contributed by atoms with Gasteiger partial charge in [-0.2, -0.15) is 0 Å². The number of nitrogen functional groups attached to an aromatic ring is 1. The van der Waals surface area contributed by atoms with Gasteiger partial charge in [0.2, 0.25) is 0 Å². The van der Waals surface area contributed by atoms with Crippen molar-refractivity contribution in [1.29, 1.82) is 0 Å². The molecule has 88 valence electrons. The third kappa shape index (κ3) is 1.99. The molecule has 2 rings (SSSR count). The van der Waals surface area contributed by atoms with Gasteiger partial charge in [0.15, 0.2) is 0 Å². The van der Waals surface area contributed by atoms with Crippen LogP contribution in [0.5, 0.6) is 5.75 Å². The van der Waals surface area contributed by atoms with Crippen LogP contribution >= 0.6 is 0 Å². The topological polar surface area (TPSA) is 67.5 Å². The molecule has 1 heterocycles. The molecule has 0 radical (unpaired) electrons. The van der Waals surface area contributed by atoms with Crippen LogP contribution in [-0.2, 0) is 0 Å². The largest absolute Gasteiger partial charge is 0.495 e. The lowest BCUT2D eigenvalue weighted by molar-refractivity contribution is 0.138. The summed E-state index contributed by atoms with van der Waals surface area (Å²) in [5.41, 5.74) is 7.23. The van der Waals surface area contributed by atoms with E-state index in [9.17, 15) is 5.11 Å². The molecule has 1 aliphatic rings. The van der Waals surface area contributed by atoms with Gasteiger partial charge in [0, 0.05) is 11.6 Å². The Balaban J connectivity index is 2.25. The van der Waals surface area contributed by atoms with Crippen LogP contribution in [0.25, 0.3) is 0 Å². The summed E-state index contributed by atoms with van der Waals surface area (Å²) in [6.45, 7) is 0.964. The molecule has 0 aliphatic carbocycles. The Kier molecular flexibility index (Phi) is 3.31. The van der Waals surface area contributed by atoms with Crippen molar-refractivity contribution in [2.75, 3.05) is 19.4 Å². The number of hydrogen-bond acceptors (Lipinski definition) is 4. The molecule has 1 aromatic rings. The summed E-state index contributed by atoms with van der Waals surface area (Å²) in [5.74, 6) is 0.620. The van der Waals surface area contributed by atoms with E-state index in [-0.39, 0.29) is 6.04 Å². The average molecular weight is 222 g/mol. The summed E-state index contributed by atoms with van der Waals surface area (Å²) < 4.78 is 5.14. The summed E-state index contributed by atoms with van der Waals surface area (Å²) in [5, 5.41) is 13.5. The van der Waals surface area contributed by atoms with Crippen LogP contribution in [0.2, 0.25) is 0 Å². The average Bonchev–Trinajstić information content (AvgIpc) is 2.82. The molecule has 2 unspecified atom stereocenters. The first kappa shape index (κ1) is 11.2. The lowest BCUT2D eigenvalue weighted by Crippen LogP contribution is -2.29. The van der Waals surface area contributed by atoms with E-state index >= 15 is 0 Å². The van der Waals surface area contributed by atoms with Gasteiger partial charge in [-0.15, -0.1) is 0 Å². The summed E-state index contributed by atoms with van der Waals surface area (Å²) in [4.78, 5) is 0. The smallest absolute Gasteiger partial charge is 0.142 e. The minimum absolute atomic E-state index is 0.106. The minimum atomic E-state index is -0.558. The molecular formula is C12H18N2O2. The van der Waals surface area contributed by atoms with Crippen LogP contribution in [0.4, 0.5) is 5.69 Å². The molecule has 16 heavy (non-hydrogen) atoms. The highest BCUT2D eigenvalue weighted by Gasteiger charge is 2.26. The van der Waals surface area contributed by atoms with E-state index in [1.54, 1.807) is 13.2 Å². The van der Waals surface area contributed by atoms with E-state index in [0.29, 0.717) is 11.4 Å². The van der Waals surface area contributed by atoms with Crippen LogP contribution in [-0.4, -0.2) is 24.8 Å². The van der Waals surface area contributed by atoms with Crippen LogP contribution in [0, 0.1) is 0 Å². The molecule has 4 N–H and O–H groups in total. The SMILES string of the molecule is COc1cccc(C(O)C2CCCN2)c1N. The molecule has 1 aliphatic heterocycles. The molecule has 1 fully saturated rings. The maximum absolute atomic E-state index is 10.2. The summed E-state index contributed by atoms with van der Waals surface area (Å²) in [6, 6.07) is 5.60. The molecule has 0 amide bonds. The second kappa shape index (κ2) is 4.72. The van der Waals surface area contributed by atoms with Crippen molar-refractivity contribution in [2.45, 2.75) is 25.0 Å². The van der Waals surface area contributed by atoms with E-state index in [0.717, 1.165) is 24.9 Å². The number of aliphatic hydroxyl groups excluding tert-OH is 1. The number of methoxy groups -OCH3 is 1. The fourth-order valence-corrected chi connectivity index (χ4v) is 2.19. The van der Waals surface area contributed by atoms with Crippen LogP contribution in [0.15, 0.2) is 18.2 Å². The molecule has 0 bridgehead atoms. The molecule has 4 heteroatoms. The number of rotatable bonds is 3. The monoisotopic (exact) mass is 222 g/mol. The van der Waals surface area contributed by atoms with Crippen molar-refractivity contribution in [3.05, 3.63) is 23.8 Å². The van der Waals surface area contributed by atoms with Crippen molar-refractivity contribution in [2.24, 2.45) is 0 Å². The van der Waals surface area contributed by atoms with Crippen molar-refractivity contribution < 1.29 is 9.84 Å². The van der Waals surface area contributed by atoms with Crippen molar-refractivity contribution in [3.63, 3.8) is 0 Å². The Bertz CT molecular complexity index is 362. The Hall–Kier alpha value is -1.26. The maximum Gasteiger partial charge on any atom is 0.142 e. The molecule has 0 aromatic heterocycles. The van der Waals surface area contributed by atoms with E-state index in [2.05, 4.69) is 5.32 Å². The van der Waals surface area contributed by atoms with Gasteiger partial charge >= 0.3 is 0 Å². The quantitative estimate of drug-likeness (QED) is 0.669.